The molecular formula is C15H20ClNO2. The average Bonchev–Trinajstić information content (AvgIpc) is 2.40. The van der Waals surface area contributed by atoms with Crippen LogP contribution in [-0.2, 0) is 9.53 Å². The zero-order valence-corrected chi connectivity index (χ0v) is 12.0. The van der Waals surface area contributed by atoms with Crippen molar-refractivity contribution in [2.75, 3.05) is 19.7 Å². The Morgan fingerprint density at radius 2 is 2.42 bits per heavy atom. The zero-order chi connectivity index (χ0) is 13.7. The molecule has 3 nitrogen and oxygen atoms in total. The summed E-state index contributed by atoms with van der Waals surface area (Å²) in [6.45, 7) is 3.70. The van der Waals surface area contributed by atoms with Crippen LogP contribution in [0.3, 0.4) is 0 Å². The maximum Gasteiger partial charge on any atom is 0.155 e. The molecule has 0 radical (unpaired) electrons. The van der Waals surface area contributed by atoms with E-state index in [9.17, 15) is 4.79 Å². The first kappa shape index (κ1) is 14.5. The Balaban J connectivity index is 2.14. The van der Waals surface area contributed by atoms with E-state index in [1.54, 1.807) is 6.92 Å². The first-order valence-electron chi connectivity index (χ1n) is 6.74. The lowest BCUT2D eigenvalue weighted by Gasteiger charge is -2.31. The first-order chi connectivity index (χ1) is 9.16. The zero-order valence-electron chi connectivity index (χ0n) is 11.2. The van der Waals surface area contributed by atoms with E-state index >= 15 is 0 Å². The molecule has 1 aromatic carbocycles. The molecule has 19 heavy (non-hydrogen) atoms. The summed E-state index contributed by atoms with van der Waals surface area (Å²) in [5.41, 5.74) is 1.06. The van der Waals surface area contributed by atoms with Gasteiger partial charge in [-0.3, -0.25) is 4.79 Å². The molecule has 2 rings (SSSR count). The molecule has 0 saturated carbocycles. The summed E-state index contributed by atoms with van der Waals surface area (Å²) in [5, 5.41) is 4.10. The van der Waals surface area contributed by atoms with E-state index in [4.69, 9.17) is 16.3 Å². The minimum atomic E-state index is -0.0598. The van der Waals surface area contributed by atoms with Crippen LogP contribution in [0.1, 0.15) is 31.4 Å². The van der Waals surface area contributed by atoms with Crippen LogP contribution in [0.4, 0.5) is 0 Å². The van der Waals surface area contributed by atoms with Crippen molar-refractivity contribution in [1.82, 2.24) is 5.32 Å². The van der Waals surface area contributed by atoms with Crippen molar-refractivity contribution in [2.45, 2.75) is 25.9 Å². The Bertz CT molecular complexity index is 430. The normalized spacial score (nSPS) is 21.1. The van der Waals surface area contributed by atoms with Gasteiger partial charge in [0, 0.05) is 17.5 Å². The Labute approximate surface area is 119 Å². The van der Waals surface area contributed by atoms with Gasteiger partial charge < -0.3 is 10.1 Å². The second kappa shape index (κ2) is 7.04. The highest BCUT2D eigenvalue weighted by atomic mass is 35.5. The fourth-order valence-corrected chi connectivity index (χ4v) is 2.73. The van der Waals surface area contributed by atoms with E-state index in [2.05, 4.69) is 5.32 Å². The number of carbonyl (C=O) groups excluding carboxylic acids is 1. The number of hydrogen-bond acceptors (Lipinski definition) is 3. The Hall–Kier alpha value is -0.900. The number of Topliss-reactive ketones (excluding diaryl/α,β-unsaturated/α-hetero) is 1. The number of ketones is 1. The van der Waals surface area contributed by atoms with Crippen molar-refractivity contribution in [3.8, 4) is 0 Å². The maximum absolute atomic E-state index is 11.2. The van der Waals surface area contributed by atoms with E-state index < -0.39 is 0 Å². The van der Waals surface area contributed by atoms with Crippen molar-refractivity contribution in [3.63, 3.8) is 0 Å². The largest absolute Gasteiger partial charge is 0.365 e. The SMILES string of the molecule is CC(=O)CO[C@@H](c1cccc(Cl)c1)C1CCCNC1. The molecule has 1 fully saturated rings. The third-order valence-electron chi connectivity index (χ3n) is 3.41. The van der Waals surface area contributed by atoms with Crippen LogP contribution < -0.4 is 5.32 Å². The van der Waals surface area contributed by atoms with Gasteiger partial charge in [-0.05, 0) is 44.0 Å². The standard InChI is InChI=1S/C15H20ClNO2/c1-11(18)10-19-15(13-5-3-7-17-9-13)12-4-2-6-14(16)8-12/h2,4,6,8,13,15,17H,3,5,7,9-10H2,1H3/t13?,15-/m0/s1. The molecule has 0 amide bonds. The van der Waals surface area contributed by atoms with E-state index in [0.717, 1.165) is 31.5 Å². The van der Waals surface area contributed by atoms with Crippen molar-refractivity contribution >= 4 is 17.4 Å². The predicted molar refractivity (Wildman–Crippen MR) is 76.4 cm³/mol. The summed E-state index contributed by atoms with van der Waals surface area (Å²) < 4.78 is 5.84. The van der Waals surface area contributed by atoms with Crippen molar-refractivity contribution in [1.29, 1.82) is 0 Å². The number of rotatable bonds is 5. The van der Waals surface area contributed by atoms with Gasteiger partial charge >= 0.3 is 0 Å². The molecule has 2 atom stereocenters. The second-order valence-corrected chi connectivity index (χ2v) is 5.53. The van der Waals surface area contributed by atoms with Crippen molar-refractivity contribution in [3.05, 3.63) is 34.9 Å². The van der Waals surface area contributed by atoms with Gasteiger partial charge in [0.05, 0.1) is 6.10 Å². The highest BCUT2D eigenvalue weighted by Crippen LogP contribution is 2.31. The van der Waals surface area contributed by atoms with Gasteiger partial charge in [0.15, 0.2) is 5.78 Å². The molecule has 1 aliphatic heterocycles. The Morgan fingerprint density at radius 1 is 1.58 bits per heavy atom. The Kier molecular flexibility index (Phi) is 5.37. The van der Waals surface area contributed by atoms with E-state index in [-0.39, 0.29) is 18.5 Å². The predicted octanol–water partition coefficient (Wildman–Crippen LogP) is 2.99. The number of halogens is 1. The summed E-state index contributed by atoms with van der Waals surface area (Å²) >= 11 is 6.05. The van der Waals surface area contributed by atoms with Crippen molar-refractivity contribution in [2.24, 2.45) is 5.92 Å². The number of benzene rings is 1. The number of piperidine rings is 1. The molecule has 1 heterocycles. The van der Waals surface area contributed by atoms with Crippen LogP contribution in [0.15, 0.2) is 24.3 Å². The molecule has 1 N–H and O–H groups in total. The van der Waals surface area contributed by atoms with Crippen LogP contribution in [-0.4, -0.2) is 25.5 Å². The molecule has 0 spiro atoms. The van der Waals surface area contributed by atoms with Gasteiger partial charge in [-0.15, -0.1) is 0 Å². The summed E-state index contributed by atoms with van der Waals surface area (Å²) in [7, 11) is 0. The summed E-state index contributed by atoms with van der Waals surface area (Å²) in [6.07, 6.45) is 2.20. The molecule has 1 unspecified atom stereocenters. The fraction of sp³-hybridized carbons (Fsp3) is 0.533. The lowest BCUT2D eigenvalue weighted by atomic mass is 9.89. The van der Waals surface area contributed by atoms with Crippen LogP contribution >= 0.6 is 11.6 Å². The molecule has 0 bridgehead atoms. The number of nitrogens with one attached hydrogen (secondary N) is 1. The first-order valence-corrected chi connectivity index (χ1v) is 7.12. The molecule has 4 heteroatoms. The van der Waals surface area contributed by atoms with E-state index in [1.807, 2.05) is 24.3 Å². The quantitative estimate of drug-likeness (QED) is 0.902. The van der Waals surface area contributed by atoms with Crippen LogP contribution in [0.25, 0.3) is 0 Å². The van der Waals surface area contributed by atoms with Crippen LogP contribution in [0, 0.1) is 5.92 Å². The molecular weight excluding hydrogens is 262 g/mol. The highest BCUT2D eigenvalue weighted by molar-refractivity contribution is 6.30. The summed E-state index contributed by atoms with van der Waals surface area (Å²) in [4.78, 5) is 11.2. The third-order valence-corrected chi connectivity index (χ3v) is 3.64. The van der Waals surface area contributed by atoms with Crippen LogP contribution in [0.2, 0.25) is 5.02 Å². The fourth-order valence-electron chi connectivity index (χ4n) is 2.53. The van der Waals surface area contributed by atoms with Crippen LogP contribution in [0.5, 0.6) is 0 Å². The molecule has 1 saturated heterocycles. The molecule has 1 aliphatic rings. The van der Waals surface area contributed by atoms with Gasteiger partial charge in [-0.2, -0.15) is 0 Å². The molecule has 1 aromatic rings. The number of carbonyl (C=O) groups is 1. The summed E-state index contributed by atoms with van der Waals surface area (Å²) in [6, 6.07) is 7.73. The topological polar surface area (TPSA) is 38.3 Å². The monoisotopic (exact) mass is 281 g/mol. The van der Waals surface area contributed by atoms with Gasteiger partial charge in [-0.1, -0.05) is 23.7 Å². The summed E-state index contributed by atoms with van der Waals surface area (Å²) in [5.74, 6) is 0.447. The maximum atomic E-state index is 11.2. The van der Waals surface area contributed by atoms with Gasteiger partial charge in [0.1, 0.15) is 6.61 Å². The second-order valence-electron chi connectivity index (χ2n) is 5.10. The lowest BCUT2D eigenvalue weighted by molar-refractivity contribution is -0.125. The molecule has 0 aliphatic carbocycles. The number of ether oxygens (including phenoxy) is 1. The lowest BCUT2D eigenvalue weighted by Crippen LogP contribution is -2.34. The molecule has 104 valence electrons. The highest BCUT2D eigenvalue weighted by Gasteiger charge is 2.26. The van der Waals surface area contributed by atoms with Gasteiger partial charge in [-0.25, -0.2) is 0 Å². The average molecular weight is 282 g/mol. The smallest absolute Gasteiger partial charge is 0.155 e. The van der Waals surface area contributed by atoms with Crippen molar-refractivity contribution < 1.29 is 9.53 Å². The van der Waals surface area contributed by atoms with Gasteiger partial charge in [0.25, 0.3) is 0 Å². The minimum absolute atomic E-state index is 0.0517. The Morgan fingerprint density at radius 3 is 3.05 bits per heavy atom. The van der Waals surface area contributed by atoms with E-state index in [0.29, 0.717) is 10.9 Å². The number of hydrogen-bond donors (Lipinski definition) is 1. The minimum Gasteiger partial charge on any atom is -0.365 e. The molecule has 0 aromatic heterocycles. The third kappa shape index (κ3) is 4.30. The van der Waals surface area contributed by atoms with E-state index in [1.165, 1.54) is 0 Å². The van der Waals surface area contributed by atoms with Gasteiger partial charge in [0.2, 0.25) is 0 Å².